The van der Waals surface area contributed by atoms with Gasteiger partial charge in [-0.3, -0.25) is 4.79 Å². The molecule has 0 saturated heterocycles. The zero-order valence-electron chi connectivity index (χ0n) is 13.8. The van der Waals surface area contributed by atoms with E-state index in [0.29, 0.717) is 6.54 Å². The van der Waals surface area contributed by atoms with Gasteiger partial charge in [0.15, 0.2) is 6.61 Å². The van der Waals surface area contributed by atoms with Crippen molar-refractivity contribution in [3.05, 3.63) is 52.2 Å². The lowest BCUT2D eigenvalue weighted by Gasteiger charge is -2.16. The smallest absolute Gasteiger partial charge is 0.338 e. The Labute approximate surface area is 150 Å². The largest absolute Gasteiger partial charge is 0.452 e. The van der Waals surface area contributed by atoms with E-state index in [9.17, 15) is 18.0 Å². The first-order valence-corrected chi connectivity index (χ1v) is 9.67. The fourth-order valence-corrected chi connectivity index (χ4v) is 3.42. The topological polar surface area (TPSA) is 92.8 Å². The summed E-state index contributed by atoms with van der Waals surface area (Å²) in [5.41, 5.74) is 0.170. The molecule has 0 bridgehead atoms. The predicted octanol–water partition coefficient (Wildman–Crippen LogP) is 1.47. The lowest BCUT2D eigenvalue weighted by atomic mass is 10.2. The molecule has 7 nitrogen and oxygen atoms in total. The van der Waals surface area contributed by atoms with Gasteiger partial charge >= 0.3 is 5.97 Å². The van der Waals surface area contributed by atoms with E-state index in [0.717, 1.165) is 4.88 Å². The average molecular weight is 382 g/mol. The number of benzene rings is 1. The number of carbonyl (C=O) groups is 2. The number of thiophene rings is 1. The molecule has 0 aliphatic heterocycles. The van der Waals surface area contributed by atoms with Gasteiger partial charge in [-0.2, -0.15) is 0 Å². The van der Waals surface area contributed by atoms with Crippen LogP contribution >= 0.6 is 11.3 Å². The van der Waals surface area contributed by atoms with Crippen LogP contribution in [0.5, 0.6) is 0 Å². The number of nitrogens with one attached hydrogen (secondary N) is 1. The summed E-state index contributed by atoms with van der Waals surface area (Å²) in [6.45, 7) is 0.0713. The number of hydrogen-bond acceptors (Lipinski definition) is 6. The molecule has 0 saturated carbocycles. The molecule has 0 aliphatic carbocycles. The van der Waals surface area contributed by atoms with E-state index in [1.165, 1.54) is 47.5 Å². The van der Waals surface area contributed by atoms with Crippen LogP contribution in [0.1, 0.15) is 15.2 Å². The summed E-state index contributed by atoms with van der Waals surface area (Å²) in [5.74, 6) is -1.01. The molecule has 134 valence electrons. The van der Waals surface area contributed by atoms with Crippen LogP contribution in [0.25, 0.3) is 0 Å². The first kappa shape index (κ1) is 19.1. The number of amides is 1. The highest BCUT2D eigenvalue weighted by Crippen LogP contribution is 2.12. The van der Waals surface area contributed by atoms with Crippen LogP contribution in [0.4, 0.5) is 0 Å². The molecule has 0 aliphatic rings. The minimum Gasteiger partial charge on any atom is -0.452 e. The summed E-state index contributed by atoms with van der Waals surface area (Å²) in [5, 5.41) is 1.92. The molecule has 2 rings (SSSR count). The van der Waals surface area contributed by atoms with E-state index in [4.69, 9.17) is 4.74 Å². The van der Waals surface area contributed by atoms with Crippen molar-refractivity contribution in [1.82, 2.24) is 9.62 Å². The Kier molecular flexibility index (Phi) is 6.29. The zero-order valence-corrected chi connectivity index (χ0v) is 15.4. The second-order valence-electron chi connectivity index (χ2n) is 5.14. The number of carbonyl (C=O) groups excluding carboxylic acids is 2. The third kappa shape index (κ3) is 5.12. The molecule has 1 aromatic heterocycles. The molecule has 0 radical (unpaired) electrons. The van der Waals surface area contributed by atoms with Crippen molar-refractivity contribution in [2.24, 2.45) is 0 Å². The van der Waals surface area contributed by atoms with Crippen molar-refractivity contribution < 1.29 is 22.7 Å². The van der Waals surface area contributed by atoms with Gasteiger partial charge in [0.05, 0.1) is 17.0 Å². The second-order valence-corrected chi connectivity index (χ2v) is 8.06. The lowest BCUT2D eigenvalue weighted by molar-refractivity contribution is -0.133. The number of nitrogens with zero attached hydrogens (tertiary/aromatic N) is 1. The van der Waals surface area contributed by atoms with Crippen molar-refractivity contribution in [3.8, 4) is 0 Å². The van der Waals surface area contributed by atoms with Crippen LogP contribution in [-0.2, 0) is 26.1 Å². The lowest BCUT2D eigenvalue weighted by Crippen LogP contribution is -2.30. The zero-order chi connectivity index (χ0) is 18.4. The number of rotatable bonds is 7. The van der Waals surface area contributed by atoms with Crippen molar-refractivity contribution in [2.45, 2.75) is 11.4 Å². The Balaban J connectivity index is 1.90. The van der Waals surface area contributed by atoms with Gasteiger partial charge in [-0.15, -0.1) is 11.3 Å². The molecule has 0 unspecified atom stereocenters. The van der Waals surface area contributed by atoms with Crippen LogP contribution in [0.2, 0.25) is 0 Å². The number of hydrogen-bond donors (Lipinski definition) is 1. The minimum atomic E-state index is -3.56. The fourth-order valence-electron chi connectivity index (χ4n) is 1.93. The molecule has 2 aromatic rings. The Morgan fingerprint density at radius 1 is 1.20 bits per heavy atom. The minimum absolute atomic E-state index is 0.0401. The number of ether oxygens (including phenoxy) is 1. The van der Waals surface area contributed by atoms with Crippen LogP contribution < -0.4 is 4.72 Å². The number of sulfonamides is 1. The highest BCUT2D eigenvalue weighted by Gasteiger charge is 2.16. The maximum absolute atomic E-state index is 12.0. The summed E-state index contributed by atoms with van der Waals surface area (Å²) < 4.78 is 30.4. The molecule has 9 heteroatoms. The van der Waals surface area contributed by atoms with Gasteiger partial charge in [-0.05, 0) is 42.8 Å². The predicted molar refractivity (Wildman–Crippen MR) is 93.8 cm³/mol. The van der Waals surface area contributed by atoms with Crippen molar-refractivity contribution in [3.63, 3.8) is 0 Å². The normalized spacial score (nSPS) is 11.1. The number of esters is 1. The summed E-state index contributed by atoms with van der Waals surface area (Å²) in [7, 11) is -0.631. The van der Waals surface area contributed by atoms with Crippen molar-refractivity contribution >= 4 is 33.2 Å². The van der Waals surface area contributed by atoms with Gasteiger partial charge in [-0.1, -0.05) is 6.07 Å². The van der Waals surface area contributed by atoms with E-state index < -0.39 is 16.0 Å². The van der Waals surface area contributed by atoms with Gasteiger partial charge in [0.1, 0.15) is 0 Å². The van der Waals surface area contributed by atoms with Gasteiger partial charge in [0.25, 0.3) is 5.91 Å². The highest BCUT2D eigenvalue weighted by atomic mass is 32.2. The van der Waals surface area contributed by atoms with Crippen molar-refractivity contribution in [1.29, 1.82) is 0 Å². The summed E-state index contributed by atoms with van der Waals surface area (Å²) >= 11 is 1.54. The molecule has 1 N–H and O–H groups in total. The van der Waals surface area contributed by atoms with Gasteiger partial charge in [0.2, 0.25) is 10.0 Å². The molecule has 0 spiro atoms. The van der Waals surface area contributed by atoms with Crippen LogP contribution in [0.15, 0.2) is 46.7 Å². The van der Waals surface area contributed by atoms with Crippen LogP contribution in [0, 0.1) is 0 Å². The average Bonchev–Trinajstić information content (AvgIpc) is 3.12. The highest BCUT2D eigenvalue weighted by molar-refractivity contribution is 7.89. The Morgan fingerprint density at radius 2 is 1.88 bits per heavy atom. The van der Waals surface area contributed by atoms with E-state index in [1.807, 2.05) is 17.5 Å². The first-order valence-electron chi connectivity index (χ1n) is 7.30. The SMILES string of the molecule is CNS(=O)(=O)c1ccc(C(=O)OCC(=O)N(C)Cc2cccs2)cc1. The van der Waals surface area contributed by atoms with Crippen LogP contribution in [0.3, 0.4) is 0 Å². The summed E-state index contributed by atoms with van der Waals surface area (Å²) in [6.07, 6.45) is 0. The molecule has 0 atom stereocenters. The molecule has 0 fully saturated rings. The van der Waals surface area contributed by atoms with Crippen molar-refractivity contribution in [2.75, 3.05) is 20.7 Å². The third-order valence-corrected chi connectivity index (χ3v) is 5.69. The van der Waals surface area contributed by atoms with E-state index in [-0.39, 0.29) is 23.0 Å². The number of likely N-dealkylation sites (N-methyl/N-ethyl adjacent to an activating group) is 1. The summed E-state index contributed by atoms with van der Waals surface area (Å²) in [4.78, 5) is 26.5. The fraction of sp³-hybridized carbons (Fsp3) is 0.250. The monoisotopic (exact) mass is 382 g/mol. The van der Waals surface area contributed by atoms with E-state index in [1.54, 1.807) is 7.05 Å². The van der Waals surface area contributed by atoms with Crippen LogP contribution in [-0.4, -0.2) is 45.9 Å². The van der Waals surface area contributed by atoms with Gasteiger partial charge in [0, 0.05) is 11.9 Å². The molecular formula is C16H18N2O5S2. The maximum atomic E-state index is 12.0. The second kappa shape index (κ2) is 8.24. The van der Waals surface area contributed by atoms with E-state index in [2.05, 4.69) is 4.72 Å². The van der Waals surface area contributed by atoms with E-state index >= 15 is 0 Å². The third-order valence-electron chi connectivity index (χ3n) is 3.39. The molecule has 1 amide bonds. The first-order chi connectivity index (χ1) is 11.8. The molecule has 1 aromatic carbocycles. The quantitative estimate of drug-likeness (QED) is 0.732. The summed E-state index contributed by atoms with van der Waals surface area (Å²) in [6, 6.07) is 9.09. The molecule has 1 heterocycles. The Hall–Kier alpha value is -2.23. The Bertz CT molecular complexity index is 830. The standard InChI is InChI=1S/C16H18N2O5S2/c1-17-25(21,22)14-7-5-12(6-8-14)16(20)23-11-15(19)18(2)10-13-4-3-9-24-13/h3-9,17H,10-11H2,1-2H3. The molecule has 25 heavy (non-hydrogen) atoms. The maximum Gasteiger partial charge on any atom is 0.338 e. The Morgan fingerprint density at radius 3 is 2.44 bits per heavy atom. The molecular weight excluding hydrogens is 364 g/mol. The van der Waals surface area contributed by atoms with Gasteiger partial charge < -0.3 is 9.64 Å². The van der Waals surface area contributed by atoms with Gasteiger partial charge in [-0.25, -0.2) is 17.9 Å².